The molecule has 1 amide bonds. The van der Waals surface area contributed by atoms with Crippen LogP contribution in [0.4, 0.5) is 5.69 Å². The van der Waals surface area contributed by atoms with Crippen molar-refractivity contribution in [3.63, 3.8) is 0 Å². The van der Waals surface area contributed by atoms with Gasteiger partial charge in [0.25, 0.3) is 5.91 Å². The van der Waals surface area contributed by atoms with Crippen molar-refractivity contribution in [1.82, 2.24) is 10.2 Å². The molecule has 3 saturated heterocycles. The number of nitrogens with zero attached hydrogens (tertiary/aromatic N) is 1. The Morgan fingerprint density at radius 3 is 2.75 bits per heavy atom. The molecule has 0 aliphatic carbocycles. The van der Waals surface area contributed by atoms with Crippen molar-refractivity contribution in [2.24, 2.45) is 5.92 Å². The Kier molecular flexibility index (Phi) is 3.53. The Morgan fingerprint density at radius 2 is 2.15 bits per heavy atom. The van der Waals surface area contributed by atoms with Crippen LogP contribution in [0.15, 0.2) is 18.2 Å². The molecular weight excluding hydrogens is 254 g/mol. The number of nitrogens with two attached hydrogens (primary N) is 1. The molecule has 3 heterocycles. The number of hydrogen-bond donors (Lipinski definition) is 2. The molecule has 1 aromatic rings. The predicted octanol–water partition coefficient (Wildman–Crippen LogP) is 1.10. The van der Waals surface area contributed by atoms with Crippen LogP contribution in [0, 0.1) is 5.92 Å². The van der Waals surface area contributed by atoms with Crippen LogP contribution >= 0.6 is 0 Å². The molecule has 5 nitrogen and oxygen atoms in total. The minimum Gasteiger partial charge on any atom is -0.495 e. The number of nitrogen functional groups attached to an aromatic ring is 1. The van der Waals surface area contributed by atoms with Crippen LogP contribution in [0.2, 0.25) is 0 Å². The maximum absolute atomic E-state index is 12.4. The number of nitrogens with one attached hydrogen (secondary N) is 1. The SMILES string of the molecule is COc1cccc(C(=O)NC2CN3CCC2CC3)c1N. The number of piperidine rings is 3. The zero-order valence-corrected chi connectivity index (χ0v) is 11.8. The van der Waals surface area contributed by atoms with E-state index in [0.29, 0.717) is 22.9 Å². The number of carbonyl (C=O) groups excluding carboxylic acids is 1. The van der Waals surface area contributed by atoms with Gasteiger partial charge in [-0.25, -0.2) is 0 Å². The highest BCUT2D eigenvalue weighted by Gasteiger charge is 2.35. The Hall–Kier alpha value is -1.75. The molecule has 2 bridgehead atoms. The van der Waals surface area contributed by atoms with E-state index in [-0.39, 0.29) is 11.9 Å². The minimum absolute atomic E-state index is 0.0971. The summed E-state index contributed by atoms with van der Waals surface area (Å²) in [7, 11) is 1.56. The van der Waals surface area contributed by atoms with E-state index in [0.717, 1.165) is 6.54 Å². The van der Waals surface area contributed by atoms with Crippen molar-refractivity contribution >= 4 is 11.6 Å². The first-order valence-corrected chi connectivity index (χ1v) is 7.14. The number of carbonyl (C=O) groups is 1. The second-order valence-electron chi connectivity index (χ2n) is 5.64. The van der Waals surface area contributed by atoms with E-state index in [1.807, 2.05) is 0 Å². The third-order valence-electron chi connectivity index (χ3n) is 4.50. The molecule has 108 valence electrons. The van der Waals surface area contributed by atoms with Gasteiger partial charge >= 0.3 is 0 Å². The average Bonchev–Trinajstić information content (AvgIpc) is 2.48. The van der Waals surface area contributed by atoms with E-state index < -0.39 is 0 Å². The molecule has 0 radical (unpaired) electrons. The quantitative estimate of drug-likeness (QED) is 0.811. The fourth-order valence-corrected chi connectivity index (χ4v) is 3.29. The lowest BCUT2D eigenvalue weighted by Crippen LogP contribution is -2.57. The molecule has 1 unspecified atom stereocenters. The minimum atomic E-state index is -0.0971. The van der Waals surface area contributed by atoms with Crippen LogP contribution in [-0.2, 0) is 0 Å². The predicted molar refractivity (Wildman–Crippen MR) is 77.8 cm³/mol. The summed E-state index contributed by atoms with van der Waals surface area (Å²) in [4.78, 5) is 14.8. The van der Waals surface area contributed by atoms with Crippen molar-refractivity contribution in [3.8, 4) is 5.75 Å². The highest BCUT2D eigenvalue weighted by Crippen LogP contribution is 2.29. The number of hydrogen-bond acceptors (Lipinski definition) is 4. The molecule has 0 aromatic heterocycles. The number of fused-ring (bicyclic) bond motifs is 3. The summed E-state index contributed by atoms with van der Waals surface area (Å²) in [6, 6.07) is 5.55. The van der Waals surface area contributed by atoms with E-state index in [2.05, 4.69) is 10.2 Å². The van der Waals surface area contributed by atoms with Crippen molar-refractivity contribution in [2.75, 3.05) is 32.5 Å². The van der Waals surface area contributed by atoms with Crippen LogP contribution in [-0.4, -0.2) is 43.6 Å². The number of anilines is 1. The molecule has 0 spiro atoms. The number of para-hydroxylation sites is 1. The maximum Gasteiger partial charge on any atom is 0.253 e. The fraction of sp³-hybridized carbons (Fsp3) is 0.533. The topological polar surface area (TPSA) is 67.6 Å². The summed E-state index contributed by atoms with van der Waals surface area (Å²) in [5.74, 6) is 1.06. The number of benzene rings is 1. The van der Waals surface area contributed by atoms with Crippen LogP contribution in [0.25, 0.3) is 0 Å². The second-order valence-corrected chi connectivity index (χ2v) is 5.64. The van der Waals surface area contributed by atoms with Gasteiger partial charge in [0, 0.05) is 12.6 Å². The van der Waals surface area contributed by atoms with Gasteiger partial charge in [0.15, 0.2) is 0 Å². The highest BCUT2D eigenvalue weighted by atomic mass is 16.5. The van der Waals surface area contributed by atoms with Gasteiger partial charge in [-0.2, -0.15) is 0 Å². The molecule has 5 heteroatoms. The second kappa shape index (κ2) is 5.32. The monoisotopic (exact) mass is 275 g/mol. The number of ether oxygens (including phenoxy) is 1. The van der Waals surface area contributed by atoms with Crippen molar-refractivity contribution < 1.29 is 9.53 Å². The van der Waals surface area contributed by atoms with E-state index >= 15 is 0 Å². The van der Waals surface area contributed by atoms with Gasteiger partial charge < -0.3 is 20.7 Å². The average molecular weight is 275 g/mol. The Bertz CT molecular complexity index is 510. The van der Waals surface area contributed by atoms with Gasteiger partial charge in [0.1, 0.15) is 5.75 Å². The van der Waals surface area contributed by atoms with E-state index in [1.165, 1.54) is 25.9 Å². The van der Waals surface area contributed by atoms with Gasteiger partial charge in [0.2, 0.25) is 0 Å². The van der Waals surface area contributed by atoms with Gasteiger partial charge in [-0.1, -0.05) is 6.07 Å². The largest absolute Gasteiger partial charge is 0.495 e. The van der Waals surface area contributed by atoms with Gasteiger partial charge in [-0.15, -0.1) is 0 Å². The Labute approximate surface area is 119 Å². The zero-order chi connectivity index (χ0) is 14.1. The lowest BCUT2D eigenvalue weighted by molar-refractivity contribution is 0.0621. The molecule has 3 aliphatic rings. The van der Waals surface area contributed by atoms with Crippen molar-refractivity contribution in [2.45, 2.75) is 18.9 Å². The lowest BCUT2D eigenvalue weighted by Gasteiger charge is -2.44. The molecule has 1 aromatic carbocycles. The molecule has 3 fully saturated rings. The first-order chi connectivity index (χ1) is 9.69. The van der Waals surface area contributed by atoms with Crippen LogP contribution in [0.5, 0.6) is 5.75 Å². The summed E-state index contributed by atoms with van der Waals surface area (Å²) < 4.78 is 5.16. The Balaban J connectivity index is 1.73. The third-order valence-corrected chi connectivity index (χ3v) is 4.50. The zero-order valence-electron chi connectivity index (χ0n) is 11.8. The van der Waals surface area contributed by atoms with Crippen molar-refractivity contribution in [1.29, 1.82) is 0 Å². The van der Waals surface area contributed by atoms with Crippen LogP contribution < -0.4 is 15.8 Å². The summed E-state index contributed by atoms with van der Waals surface area (Å²) in [6.45, 7) is 3.29. The first-order valence-electron chi connectivity index (χ1n) is 7.14. The maximum atomic E-state index is 12.4. The first kappa shape index (κ1) is 13.2. The molecule has 0 saturated carbocycles. The number of rotatable bonds is 3. The van der Waals surface area contributed by atoms with E-state index in [1.54, 1.807) is 25.3 Å². The van der Waals surface area contributed by atoms with Gasteiger partial charge in [-0.05, 0) is 44.0 Å². The number of methoxy groups -OCH3 is 1. The summed E-state index contributed by atoms with van der Waals surface area (Å²) in [6.07, 6.45) is 2.36. The number of amides is 1. The van der Waals surface area contributed by atoms with E-state index in [4.69, 9.17) is 10.5 Å². The standard InChI is InChI=1S/C15H21N3O2/c1-20-13-4-2-3-11(14(13)16)15(19)17-12-9-18-7-5-10(12)6-8-18/h2-4,10,12H,5-9,16H2,1H3,(H,17,19). The highest BCUT2D eigenvalue weighted by molar-refractivity contribution is 6.00. The van der Waals surface area contributed by atoms with Crippen molar-refractivity contribution in [3.05, 3.63) is 23.8 Å². The molecule has 3 N–H and O–H groups in total. The van der Waals surface area contributed by atoms with Crippen LogP contribution in [0.1, 0.15) is 23.2 Å². The molecular formula is C15H21N3O2. The smallest absolute Gasteiger partial charge is 0.253 e. The third kappa shape index (κ3) is 2.33. The Morgan fingerprint density at radius 1 is 1.40 bits per heavy atom. The lowest BCUT2D eigenvalue weighted by atomic mass is 9.84. The van der Waals surface area contributed by atoms with Gasteiger partial charge in [0.05, 0.1) is 18.4 Å². The molecule has 4 rings (SSSR count). The molecule has 20 heavy (non-hydrogen) atoms. The normalized spacial score (nSPS) is 28.1. The van der Waals surface area contributed by atoms with Crippen LogP contribution in [0.3, 0.4) is 0 Å². The van der Waals surface area contributed by atoms with E-state index in [9.17, 15) is 4.79 Å². The molecule has 1 atom stereocenters. The summed E-state index contributed by atoms with van der Waals surface area (Å²) in [5.41, 5.74) is 6.89. The summed E-state index contributed by atoms with van der Waals surface area (Å²) >= 11 is 0. The summed E-state index contributed by atoms with van der Waals surface area (Å²) in [5, 5.41) is 3.14. The van der Waals surface area contributed by atoms with Gasteiger partial charge in [-0.3, -0.25) is 4.79 Å². The fourth-order valence-electron chi connectivity index (χ4n) is 3.29. The molecule has 3 aliphatic heterocycles.